The topological polar surface area (TPSA) is 304 Å². The summed E-state index contributed by atoms with van der Waals surface area (Å²) in [6.07, 6.45) is 1.93. The Hall–Kier alpha value is -8.36. The minimum Gasteiger partial charge on any atom is -0.447 e. The van der Waals surface area contributed by atoms with Gasteiger partial charge in [0.05, 0.1) is 10.9 Å². The Bertz CT molecular complexity index is 3440. The number of nitrogens with two attached hydrogens (primary N) is 1. The second-order valence-electron chi connectivity index (χ2n) is 20.6. The van der Waals surface area contributed by atoms with Crippen LogP contribution in [0.1, 0.15) is 118 Å². The fraction of sp³-hybridized carbons (Fsp3) is 0.362. The van der Waals surface area contributed by atoms with Crippen LogP contribution in [0.4, 0.5) is 13.6 Å². The smallest absolute Gasteiger partial charge is 0.404 e. The van der Waals surface area contributed by atoms with Crippen molar-refractivity contribution >= 4 is 82.4 Å². The van der Waals surface area contributed by atoms with E-state index in [1.165, 1.54) is 26.8 Å². The standard InChI is InChI=1S/C58H59F2N8O13PS/c59-58(60,82(78,79)80)38-21-25-46-37(29-38)30-47(83-46)54(74)62-42-32-66(49(70)20-11-3-1-2-6-13-34-18-12-19-40-41(34)31-67(55(40)75)44-24-26-48(69)64-52(44)72)28-27-39-22-23-45(68(39)56(42)76)53(73)63-43(33-81-57(61)77)51(71)65-50(35-14-7-4-8-15-35)36-16-9-5-10-17-36/h4-5,7-10,12,14-19,21,25,29-30,39,42-45,50H,1-3,11,20,22-24,26-28,31-33H2,(H2,61,77)(H,62,74)(H,63,73)(H,65,71)(H,64,69,72)(H2,78,79,80)/t39-,42+,43?,44?,45+/m1/s1. The first-order valence-electron chi connectivity index (χ1n) is 26.9. The molecular formula is C58H59F2N8O13PS. The number of hydrogen-bond acceptors (Lipinski definition) is 12. The first-order valence-corrected chi connectivity index (χ1v) is 29.4. The van der Waals surface area contributed by atoms with E-state index < -0.39 is 97.3 Å². The molecule has 5 heterocycles. The number of carbonyl (C=O) groups excluding carboxylic acids is 9. The number of piperidine rings is 1. The van der Waals surface area contributed by atoms with Crippen LogP contribution >= 0.6 is 18.9 Å². The molecule has 8 N–H and O–H groups in total. The number of hydrogen-bond donors (Lipinski definition) is 7. The Morgan fingerprint density at radius 1 is 0.867 bits per heavy atom. The van der Waals surface area contributed by atoms with Crippen molar-refractivity contribution in [2.75, 3.05) is 19.7 Å². The van der Waals surface area contributed by atoms with Crippen molar-refractivity contribution in [2.24, 2.45) is 5.73 Å². The van der Waals surface area contributed by atoms with Crippen molar-refractivity contribution in [3.63, 3.8) is 0 Å². The lowest BCUT2D eigenvalue weighted by molar-refractivity contribution is -0.146. The Balaban J connectivity index is 0.888. The zero-order chi connectivity index (χ0) is 59.2. The number of primary amides is 1. The van der Waals surface area contributed by atoms with Crippen LogP contribution in [0.3, 0.4) is 0 Å². The number of nitrogens with zero attached hydrogens (tertiary/aromatic N) is 3. The number of rotatable bonds is 18. The summed E-state index contributed by atoms with van der Waals surface area (Å²) >= 11 is 0.858. The van der Waals surface area contributed by atoms with E-state index in [0.717, 1.165) is 23.5 Å². The third-order valence-electron chi connectivity index (χ3n) is 15.2. The molecule has 1 aromatic heterocycles. The molecule has 2 unspecified atom stereocenters. The lowest BCUT2D eigenvalue weighted by Crippen LogP contribution is -2.62. The van der Waals surface area contributed by atoms with E-state index >= 15 is 4.79 Å². The van der Waals surface area contributed by atoms with Crippen LogP contribution in [0.15, 0.2) is 103 Å². The van der Waals surface area contributed by atoms with E-state index in [4.69, 9.17) is 10.5 Å². The maximum absolute atomic E-state index is 15.0. The highest BCUT2D eigenvalue weighted by Crippen LogP contribution is 2.59. The molecule has 21 nitrogen and oxygen atoms in total. The predicted octanol–water partition coefficient (Wildman–Crippen LogP) is 5.07. The van der Waals surface area contributed by atoms with Crippen molar-refractivity contribution in [3.05, 3.63) is 141 Å². The second kappa shape index (κ2) is 25.4. The van der Waals surface area contributed by atoms with Gasteiger partial charge in [-0.25, -0.2) is 4.79 Å². The quantitative estimate of drug-likeness (QED) is 0.0261. The van der Waals surface area contributed by atoms with Crippen molar-refractivity contribution in [1.29, 1.82) is 0 Å². The van der Waals surface area contributed by atoms with Crippen LogP contribution in [-0.4, -0.2) is 128 Å². The van der Waals surface area contributed by atoms with Gasteiger partial charge in [-0.05, 0) is 90.9 Å². The number of alkyl halides is 2. The number of thiophene rings is 1. The van der Waals surface area contributed by atoms with Crippen molar-refractivity contribution in [1.82, 2.24) is 36.0 Å². The summed E-state index contributed by atoms with van der Waals surface area (Å²) in [6, 6.07) is 21.0. The van der Waals surface area contributed by atoms with Gasteiger partial charge < -0.3 is 50.9 Å². The third-order valence-corrected chi connectivity index (χ3v) is 17.3. The fourth-order valence-corrected chi connectivity index (χ4v) is 12.3. The van der Waals surface area contributed by atoms with Crippen LogP contribution in [-0.2, 0) is 50.3 Å². The van der Waals surface area contributed by atoms with Gasteiger partial charge in [0.2, 0.25) is 35.4 Å². The van der Waals surface area contributed by atoms with Gasteiger partial charge in [0.15, 0.2) is 0 Å². The minimum absolute atomic E-state index is 0.0603. The summed E-state index contributed by atoms with van der Waals surface area (Å²) in [7, 11) is -5.93. The minimum atomic E-state index is -5.93. The molecule has 9 amide bonds. The van der Waals surface area contributed by atoms with E-state index in [-0.39, 0.29) is 86.1 Å². The molecule has 4 aliphatic heterocycles. The number of imide groups is 1. The molecule has 434 valence electrons. The fourth-order valence-electron chi connectivity index (χ4n) is 10.9. The number of benzene rings is 4. The highest BCUT2D eigenvalue weighted by Gasteiger charge is 2.51. The molecule has 83 heavy (non-hydrogen) atoms. The molecule has 5 aromatic rings. The monoisotopic (exact) mass is 1180 g/mol. The maximum atomic E-state index is 15.0. The summed E-state index contributed by atoms with van der Waals surface area (Å²) in [6.45, 7) is -0.714. The Kier molecular flexibility index (Phi) is 18.2. The Morgan fingerprint density at radius 3 is 2.28 bits per heavy atom. The number of unbranched alkanes of at least 4 members (excludes halogenated alkanes) is 3. The van der Waals surface area contributed by atoms with E-state index in [0.29, 0.717) is 58.2 Å². The Morgan fingerprint density at radius 2 is 1.59 bits per heavy atom. The molecule has 0 bridgehead atoms. The van der Waals surface area contributed by atoms with Crippen LogP contribution in [0.2, 0.25) is 0 Å². The molecule has 25 heteroatoms. The van der Waals surface area contributed by atoms with Gasteiger partial charge in [0.25, 0.3) is 11.8 Å². The highest BCUT2D eigenvalue weighted by atomic mass is 32.1. The van der Waals surface area contributed by atoms with Gasteiger partial charge >= 0.3 is 19.4 Å². The van der Waals surface area contributed by atoms with Gasteiger partial charge in [0.1, 0.15) is 30.8 Å². The zero-order valence-corrected chi connectivity index (χ0v) is 46.3. The molecule has 0 spiro atoms. The molecule has 0 saturated carbocycles. The molecule has 3 saturated heterocycles. The molecule has 0 aliphatic carbocycles. The van der Waals surface area contributed by atoms with Crippen LogP contribution < -0.4 is 27.0 Å². The number of fused-ring (bicyclic) bond motifs is 3. The molecule has 4 aliphatic rings. The third kappa shape index (κ3) is 13.4. The van der Waals surface area contributed by atoms with E-state index in [9.17, 15) is 61.5 Å². The van der Waals surface area contributed by atoms with Crippen LogP contribution in [0.5, 0.6) is 0 Å². The second-order valence-corrected chi connectivity index (χ2v) is 23.4. The molecule has 9 rings (SSSR count). The van der Waals surface area contributed by atoms with Crippen molar-refractivity contribution in [2.45, 2.75) is 113 Å². The largest absolute Gasteiger partial charge is 0.447 e. The average molecular weight is 1180 g/mol. The lowest BCUT2D eigenvalue weighted by Gasteiger charge is -2.39. The van der Waals surface area contributed by atoms with Crippen LogP contribution in [0.25, 0.3) is 10.1 Å². The summed E-state index contributed by atoms with van der Waals surface area (Å²) in [5.41, 5.74) is 3.01. The predicted molar refractivity (Wildman–Crippen MR) is 297 cm³/mol. The van der Waals surface area contributed by atoms with Gasteiger partial charge in [-0.15, -0.1) is 11.3 Å². The normalized spacial score (nSPS) is 19.4. The molecule has 0 radical (unpaired) electrons. The summed E-state index contributed by atoms with van der Waals surface area (Å²) in [5, 5.41) is 10.7. The molecule has 3 fully saturated rings. The first kappa shape index (κ1) is 59.3. The van der Waals surface area contributed by atoms with Gasteiger partial charge in [0, 0.05) is 66.3 Å². The summed E-state index contributed by atoms with van der Waals surface area (Å²) < 4.78 is 46.5. The van der Waals surface area contributed by atoms with E-state index in [1.807, 2.05) is 12.1 Å². The zero-order valence-electron chi connectivity index (χ0n) is 44.6. The first-order chi connectivity index (χ1) is 39.7. The maximum Gasteiger partial charge on any atom is 0.404 e. The van der Waals surface area contributed by atoms with Gasteiger partial charge in [-0.2, -0.15) is 8.78 Å². The van der Waals surface area contributed by atoms with Gasteiger partial charge in [-0.1, -0.05) is 91.1 Å². The lowest BCUT2D eigenvalue weighted by atomic mass is 9.98. The number of amides is 9. The molecular weight excluding hydrogens is 1120 g/mol. The average Bonchev–Trinajstić information content (AvgIpc) is 4.43. The summed E-state index contributed by atoms with van der Waals surface area (Å²) in [4.78, 5) is 144. The SMILES string of the molecule is NC(=O)OCC(NC(=O)[C@@H]1CC[C@@H]2CCN(C(=O)CCCCCC#Cc3cccc4c3CN(C3CCC(=O)NC3=O)C4=O)C[C@H](NC(=O)c3cc4cc(C(F)(F)P(=O)(O)O)ccc4s3)C(=O)N21)C(=O)NC(c1ccccc1)c1ccccc1. The van der Waals surface area contributed by atoms with E-state index in [1.54, 1.807) is 66.7 Å². The number of carbonyl (C=O) groups is 9. The number of nitrogens with one attached hydrogen (secondary N) is 4. The Labute approximate surface area is 478 Å². The number of halogens is 2. The molecule has 4 aromatic carbocycles. The van der Waals surface area contributed by atoms with Gasteiger partial charge in [-0.3, -0.25) is 48.2 Å². The molecule has 5 atom stereocenters. The summed E-state index contributed by atoms with van der Waals surface area (Å²) in [5.74, 6) is 1.68. The van der Waals surface area contributed by atoms with Crippen LogP contribution in [0, 0.1) is 11.8 Å². The van der Waals surface area contributed by atoms with Crippen molar-refractivity contribution < 1.29 is 71.0 Å². The van der Waals surface area contributed by atoms with Crippen molar-refractivity contribution in [3.8, 4) is 11.8 Å². The number of ether oxygens (including phenoxy) is 1. The van der Waals surface area contributed by atoms with E-state index in [2.05, 4.69) is 33.1 Å². The highest BCUT2D eigenvalue weighted by molar-refractivity contribution is 7.52.